The second-order valence-corrected chi connectivity index (χ2v) is 7.75. The van der Waals surface area contributed by atoms with E-state index in [4.69, 9.17) is 9.84 Å². The maximum Gasteiger partial charge on any atom is 0.322 e. The van der Waals surface area contributed by atoms with Gasteiger partial charge in [0.05, 0.1) is 12.4 Å². The Morgan fingerprint density at radius 1 is 1.41 bits per heavy atom. The molecule has 0 spiro atoms. The number of hydrogen-bond acceptors (Lipinski definition) is 4. The first kappa shape index (κ1) is 15.3. The molecule has 2 aliphatic rings. The average molecular weight is 325 g/mol. The number of sulfonamides is 1. The van der Waals surface area contributed by atoms with Crippen LogP contribution in [0.2, 0.25) is 0 Å². The van der Waals surface area contributed by atoms with Crippen LogP contribution in [0.3, 0.4) is 0 Å². The van der Waals surface area contributed by atoms with Gasteiger partial charge in [-0.15, -0.1) is 0 Å². The molecule has 1 atom stereocenters. The zero-order valence-electron chi connectivity index (χ0n) is 12.2. The summed E-state index contributed by atoms with van der Waals surface area (Å²) < 4.78 is 31.4. The Morgan fingerprint density at radius 2 is 2.23 bits per heavy atom. The third-order valence-corrected chi connectivity index (χ3v) is 6.12. The molecule has 2 heterocycles. The Morgan fingerprint density at radius 3 is 3.00 bits per heavy atom. The fourth-order valence-electron chi connectivity index (χ4n) is 3.08. The summed E-state index contributed by atoms with van der Waals surface area (Å²) in [4.78, 5) is 11.1. The highest BCUT2D eigenvalue weighted by Crippen LogP contribution is 2.27. The number of aliphatic carboxylic acids is 1. The van der Waals surface area contributed by atoms with Crippen LogP contribution < -0.4 is 4.74 Å². The molecule has 1 saturated heterocycles. The van der Waals surface area contributed by atoms with Gasteiger partial charge < -0.3 is 9.84 Å². The summed E-state index contributed by atoms with van der Waals surface area (Å²) >= 11 is 0. The maximum absolute atomic E-state index is 12.4. The van der Waals surface area contributed by atoms with Gasteiger partial charge in [0, 0.05) is 13.0 Å². The van der Waals surface area contributed by atoms with Crippen molar-refractivity contribution in [1.82, 2.24) is 4.31 Å². The highest BCUT2D eigenvalue weighted by atomic mass is 32.2. The van der Waals surface area contributed by atoms with Gasteiger partial charge in [0.15, 0.2) is 0 Å². The predicted octanol–water partition coefficient (Wildman–Crippen LogP) is 1.04. The highest BCUT2D eigenvalue weighted by molar-refractivity contribution is 7.89. The molecule has 7 heteroatoms. The second kappa shape index (κ2) is 5.89. The third kappa shape index (κ3) is 2.96. The van der Waals surface area contributed by atoms with Crippen LogP contribution in [0, 0.1) is 0 Å². The summed E-state index contributed by atoms with van der Waals surface area (Å²) in [5.41, 5.74) is 2.05. The molecular weight excluding hydrogens is 306 g/mol. The lowest BCUT2D eigenvalue weighted by Crippen LogP contribution is -2.41. The van der Waals surface area contributed by atoms with Crippen LogP contribution in [0.1, 0.15) is 24.0 Å². The minimum absolute atomic E-state index is 0.0591. The van der Waals surface area contributed by atoms with Gasteiger partial charge in [-0.1, -0.05) is 12.1 Å². The number of ether oxygens (including phenoxy) is 1. The Labute approximate surface area is 129 Å². The van der Waals surface area contributed by atoms with Crippen molar-refractivity contribution in [2.75, 3.05) is 18.9 Å². The van der Waals surface area contributed by atoms with Crippen molar-refractivity contribution in [2.24, 2.45) is 0 Å². The second-order valence-electron chi connectivity index (χ2n) is 5.71. The van der Waals surface area contributed by atoms with E-state index in [-0.39, 0.29) is 5.75 Å². The molecule has 0 radical (unpaired) electrons. The van der Waals surface area contributed by atoms with Crippen LogP contribution in [-0.4, -0.2) is 48.7 Å². The largest absolute Gasteiger partial charge is 0.493 e. The van der Waals surface area contributed by atoms with E-state index in [1.165, 1.54) is 0 Å². The number of aryl methyl sites for hydroxylation is 1. The zero-order valence-corrected chi connectivity index (χ0v) is 13.0. The van der Waals surface area contributed by atoms with Crippen LogP contribution in [0.5, 0.6) is 5.75 Å². The van der Waals surface area contributed by atoms with E-state index in [1.807, 2.05) is 18.2 Å². The number of carbonyl (C=O) groups is 1. The first-order valence-corrected chi connectivity index (χ1v) is 9.05. The van der Waals surface area contributed by atoms with Crippen molar-refractivity contribution in [3.63, 3.8) is 0 Å². The molecule has 0 bridgehead atoms. The summed E-state index contributed by atoms with van der Waals surface area (Å²) in [6.07, 6.45) is 2.23. The molecule has 1 fully saturated rings. The Balaban J connectivity index is 1.68. The molecule has 0 aliphatic carbocycles. The summed E-state index contributed by atoms with van der Waals surface area (Å²) in [5.74, 6) is -0.246. The summed E-state index contributed by atoms with van der Waals surface area (Å²) in [7, 11) is -3.55. The van der Waals surface area contributed by atoms with Crippen molar-refractivity contribution in [1.29, 1.82) is 0 Å². The van der Waals surface area contributed by atoms with Gasteiger partial charge in [0.2, 0.25) is 10.0 Å². The van der Waals surface area contributed by atoms with E-state index in [1.54, 1.807) is 0 Å². The Hall–Kier alpha value is -1.60. The molecule has 1 aromatic rings. The minimum Gasteiger partial charge on any atom is -0.493 e. The molecule has 1 unspecified atom stereocenters. The van der Waals surface area contributed by atoms with Gasteiger partial charge in [-0.2, -0.15) is 4.31 Å². The third-order valence-electron chi connectivity index (χ3n) is 4.25. The molecule has 0 amide bonds. The normalized spacial score (nSPS) is 21.5. The lowest BCUT2D eigenvalue weighted by Gasteiger charge is -2.20. The zero-order chi connectivity index (χ0) is 15.7. The first-order chi connectivity index (χ1) is 10.5. The van der Waals surface area contributed by atoms with Crippen LogP contribution in [0.25, 0.3) is 0 Å². The van der Waals surface area contributed by atoms with Crippen molar-refractivity contribution in [2.45, 2.75) is 31.7 Å². The van der Waals surface area contributed by atoms with Gasteiger partial charge in [-0.25, -0.2) is 8.42 Å². The monoisotopic (exact) mass is 325 g/mol. The molecule has 2 aliphatic heterocycles. The fraction of sp³-hybridized carbons (Fsp3) is 0.533. The number of nitrogens with zero attached hydrogens (tertiary/aromatic N) is 1. The molecule has 1 aromatic carbocycles. The van der Waals surface area contributed by atoms with Crippen molar-refractivity contribution < 1.29 is 23.1 Å². The van der Waals surface area contributed by atoms with Crippen molar-refractivity contribution >= 4 is 16.0 Å². The van der Waals surface area contributed by atoms with Crippen LogP contribution >= 0.6 is 0 Å². The number of fused-ring (bicyclic) bond motifs is 1. The summed E-state index contributed by atoms with van der Waals surface area (Å²) in [6.45, 7) is 0.975. The topological polar surface area (TPSA) is 83.9 Å². The van der Waals surface area contributed by atoms with Crippen molar-refractivity contribution in [3.05, 3.63) is 29.3 Å². The van der Waals surface area contributed by atoms with E-state index in [9.17, 15) is 13.2 Å². The standard InChI is InChI=1S/C15H19NO5S/c17-15(18)13-2-1-7-16(13)22(19,20)9-6-11-3-4-14-12(10-11)5-8-21-14/h3-4,10,13H,1-2,5-9H2,(H,17,18). The summed E-state index contributed by atoms with van der Waals surface area (Å²) in [6, 6.07) is 4.83. The Bertz CT molecular complexity index is 685. The molecule has 22 heavy (non-hydrogen) atoms. The van der Waals surface area contributed by atoms with Gasteiger partial charge in [-0.05, 0) is 36.5 Å². The Kier molecular flexibility index (Phi) is 4.10. The lowest BCUT2D eigenvalue weighted by atomic mass is 10.1. The van der Waals surface area contributed by atoms with Gasteiger partial charge in [-0.3, -0.25) is 4.79 Å². The number of rotatable bonds is 5. The molecule has 0 aromatic heterocycles. The van der Waals surface area contributed by atoms with Crippen LogP contribution in [0.4, 0.5) is 0 Å². The van der Waals surface area contributed by atoms with E-state index in [0.717, 1.165) is 27.6 Å². The highest BCUT2D eigenvalue weighted by Gasteiger charge is 2.38. The average Bonchev–Trinajstić information content (AvgIpc) is 3.13. The van der Waals surface area contributed by atoms with Crippen molar-refractivity contribution in [3.8, 4) is 5.75 Å². The molecule has 0 saturated carbocycles. The van der Waals surface area contributed by atoms with E-state index >= 15 is 0 Å². The minimum atomic E-state index is -3.55. The van der Waals surface area contributed by atoms with E-state index < -0.39 is 22.0 Å². The van der Waals surface area contributed by atoms with E-state index in [0.29, 0.717) is 32.4 Å². The summed E-state index contributed by atoms with van der Waals surface area (Å²) in [5, 5.41) is 9.12. The molecule has 120 valence electrons. The van der Waals surface area contributed by atoms with Crippen LogP contribution in [-0.2, 0) is 27.7 Å². The predicted molar refractivity (Wildman–Crippen MR) is 80.5 cm³/mol. The smallest absolute Gasteiger partial charge is 0.322 e. The lowest BCUT2D eigenvalue weighted by molar-refractivity contribution is -0.140. The molecular formula is C15H19NO5S. The quantitative estimate of drug-likeness (QED) is 0.874. The van der Waals surface area contributed by atoms with Gasteiger partial charge in [0.1, 0.15) is 11.8 Å². The SMILES string of the molecule is O=C(O)C1CCCN1S(=O)(=O)CCc1ccc2c(c1)CCO2. The van der Waals surface area contributed by atoms with Gasteiger partial charge in [0.25, 0.3) is 0 Å². The first-order valence-electron chi connectivity index (χ1n) is 7.44. The molecule has 1 N–H and O–H groups in total. The molecule has 6 nitrogen and oxygen atoms in total. The maximum atomic E-state index is 12.4. The number of benzene rings is 1. The molecule has 3 rings (SSSR count). The number of hydrogen-bond donors (Lipinski definition) is 1. The number of carboxylic acids is 1. The van der Waals surface area contributed by atoms with Gasteiger partial charge >= 0.3 is 5.97 Å². The fourth-order valence-corrected chi connectivity index (χ4v) is 4.80. The van der Waals surface area contributed by atoms with E-state index in [2.05, 4.69) is 0 Å². The van der Waals surface area contributed by atoms with Crippen LogP contribution in [0.15, 0.2) is 18.2 Å². The number of carboxylic acid groups (broad SMARTS) is 1.